The second-order valence-electron chi connectivity index (χ2n) is 0.793. The van der Waals surface area contributed by atoms with Gasteiger partial charge in [0.2, 0.25) is 7.31 Å². The summed E-state index contributed by atoms with van der Waals surface area (Å²) in [5.41, 5.74) is 0. The quantitative estimate of drug-likeness (QED) is 0.404. The summed E-state index contributed by atoms with van der Waals surface area (Å²) in [6, 6.07) is 0. The van der Waals surface area contributed by atoms with Gasteiger partial charge in [-0.25, -0.2) is 0 Å². The Bertz CT molecular complexity index is 17.1. The average molecular weight is 72.7 g/mol. The van der Waals surface area contributed by atoms with Crippen molar-refractivity contribution in [3.8, 4) is 0 Å². The van der Waals surface area contributed by atoms with Gasteiger partial charge in [0.25, 0.3) is 0 Å². The molecule has 0 bridgehead atoms. The fraction of sp³-hybridized carbons (Fsp3) is 1.00. The second kappa shape index (κ2) is 4.02. The van der Waals surface area contributed by atoms with Crippen LogP contribution in [0, 0.1) is 0 Å². The molecule has 0 heterocycles. The molecule has 1 nitrogen and oxygen atoms in total. The van der Waals surface area contributed by atoms with Crippen LogP contribution >= 0.6 is 0 Å². The zero-order valence-corrected chi connectivity index (χ0v) is 3.29. The Labute approximate surface area is 32.5 Å². The van der Waals surface area contributed by atoms with E-state index in [0.717, 1.165) is 0 Å². The Kier molecular flexibility index (Phi) is 4.04. The number of nitrogens with one attached hydrogen (secondary N) is 1. The van der Waals surface area contributed by atoms with Gasteiger partial charge in [0.05, 0.1) is 0 Å². The first kappa shape index (κ1) is 5.02. The molecule has 0 aromatic heterocycles. The van der Waals surface area contributed by atoms with Crippen LogP contribution in [0.15, 0.2) is 0 Å². The molecule has 0 aromatic rings. The topological polar surface area (TPSA) is 12.0 Å². The second-order valence-corrected chi connectivity index (χ2v) is 0.793. The molecule has 28 valence electrons. The van der Waals surface area contributed by atoms with Crippen molar-refractivity contribution in [3.05, 3.63) is 0 Å². The van der Waals surface area contributed by atoms with E-state index < -0.39 is 0 Å². The van der Waals surface area contributed by atoms with Crippen LogP contribution in [-0.4, -0.2) is 21.8 Å². The van der Waals surface area contributed by atoms with Gasteiger partial charge in [-0.2, -0.15) is 0 Å². The summed E-state index contributed by atoms with van der Waals surface area (Å²) >= 11 is 0. The van der Waals surface area contributed by atoms with Crippen LogP contribution in [-0.2, 0) is 0 Å². The molecule has 0 aliphatic rings. The van der Waals surface area contributed by atoms with Crippen molar-refractivity contribution in [3.63, 3.8) is 0 Å². The molecule has 0 atom stereocenters. The van der Waals surface area contributed by atoms with E-state index in [4.69, 9.17) is 0 Å². The monoisotopic (exact) mass is 73.1 g/mol. The number of rotatable bonds is 2. The zero-order chi connectivity index (χ0) is 4.12. The van der Waals surface area contributed by atoms with E-state index >= 15 is 0 Å². The molecule has 1 N–H and O–H groups in total. The molecule has 0 saturated carbocycles. The fourth-order valence-corrected chi connectivity index (χ4v) is 0.0945. The Balaban J connectivity index is 2.19. The molecule has 0 spiro atoms. The van der Waals surface area contributed by atoms with E-state index in [2.05, 4.69) is 5.23 Å². The lowest BCUT2D eigenvalue weighted by molar-refractivity contribution is 0.890. The van der Waals surface area contributed by atoms with Crippen LogP contribution in [0.2, 0.25) is 0 Å². The van der Waals surface area contributed by atoms with Crippen molar-refractivity contribution >= 4 is 14.8 Å². The summed E-state index contributed by atoms with van der Waals surface area (Å²) in [5.74, 6) is 0. The maximum Gasteiger partial charge on any atom is 0.309 e. The average Bonchev–Trinajstić information content (AvgIpc) is 1.41. The van der Waals surface area contributed by atoms with Crippen LogP contribution < -0.4 is 5.23 Å². The Morgan fingerprint density at radius 2 is 2.40 bits per heavy atom. The van der Waals surface area contributed by atoms with E-state index in [1.54, 1.807) is 7.05 Å². The van der Waals surface area contributed by atoms with Crippen molar-refractivity contribution in [1.82, 2.24) is 5.23 Å². The van der Waals surface area contributed by atoms with Crippen LogP contribution in [0.3, 0.4) is 0 Å². The molecular weight excluding hydrogens is 66.6 g/mol. The normalized spacial score (nSPS) is 6.80. The van der Waals surface area contributed by atoms with E-state index in [9.17, 15) is 4.32 Å². The summed E-state index contributed by atoms with van der Waals surface area (Å²) in [4.78, 5) is 0. The van der Waals surface area contributed by atoms with Gasteiger partial charge in [0.15, 0.2) is 0 Å². The Hall–Kier alpha value is 0.0199. The molecule has 0 unspecified atom stereocenters. The van der Waals surface area contributed by atoms with E-state index in [-0.39, 0.29) is 7.45 Å². The van der Waals surface area contributed by atoms with Gasteiger partial charge in [-0.3, -0.25) is 0 Å². The molecule has 5 heavy (non-hydrogen) atoms. The lowest BCUT2D eigenvalue weighted by atomic mass is 9.63. The van der Waals surface area contributed by atoms with Gasteiger partial charge in [0, 0.05) is 0 Å². The molecular formula is CH6B2FN. The maximum absolute atomic E-state index is 10.9. The minimum absolute atomic E-state index is 0.267. The summed E-state index contributed by atoms with van der Waals surface area (Å²) in [6.45, 7) is 0. The molecule has 0 aliphatic heterocycles. The van der Waals surface area contributed by atoms with Crippen molar-refractivity contribution in [2.24, 2.45) is 0 Å². The maximum atomic E-state index is 10.9. The predicted molar refractivity (Wildman–Crippen MR) is 24.5 cm³/mol. The molecule has 0 fully saturated rings. The smallest absolute Gasteiger partial charge is 0.309 e. The van der Waals surface area contributed by atoms with Crippen molar-refractivity contribution in [2.75, 3.05) is 7.05 Å². The zero-order valence-electron chi connectivity index (χ0n) is 3.29. The first-order chi connectivity index (χ1) is 2.41. The minimum atomic E-state index is -0.267. The van der Waals surface area contributed by atoms with Gasteiger partial charge in [-0.1, -0.05) is 0 Å². The molecule has 0 saturated heterocycles. The van der Waals surface area contributed by atoms with Crippen molar-refractivity contribution in [1.29, 1.82) is 0 Å². The minimum Gasteiger partial charge on any atom is -0.365 e. The standard InChI is InChI=1S/CH6B2FN/c1-5-3-2-4/h2-3,5H,1H3. The molecule has 0 radical (unpaired) electrons. The van der Waals surface area contributed by atoms with Gasteiger partial charge in [0.1, 0.15) is 0 Å². The lowest BCUT2D eigenvalue weighted by Gasteiger charge is -1.76. The molecule has 4 heteroatoms. The third-order valence-corrected chi connectivity index (χ3v) is 0.344. The number of hydrogen-bond acceptors (Lipinski definition) is 1. The Morgan fingerprint density at radius 3 is 2.40 bits per heavy atom. The highest BCUT2D eigenvalue weighted by Crippen LogP contribution is 1.45. The van der Waals surface area contributed by atoms with E-state index in [1.807, 2.05) is 0 Å². The third kappa shape index (κ3) is 4.02. The lowest BCUT2D eigenvalue weighted by Crippen LogP contribution is -2.16. The molecule has 0 rings (SSSR count). The van der Waals surface area contributed by atoms with Gasteiger partial charge < -0.3 is 9.54 Å². The largest absolute Gasteiger partial charge is 0.365 e. The molecule has 0 aromatic carbocycles. The fourth-order valence-electron chi connectivity index (χ4n) is 0.0945. The van der Waals surface area contributed by atoms with Crippen molar-refractivity contribution in [2.45, 2.75) is 0 Å². The highest BCUT2D eigenvalue weighted by atomic mass is 19.1. The molecule has 0 amide bonds. The first-order valence-electron chi connectivity index (χ1n) is 1.62. The summed E-state index contributed by atoms with van der Waals surface area (Å²) in [5, 5.41) is 2.64. The summed E-state index contributed by atoms with van der Waals surface area (Å²) in [6.07, 6.45) is 0. The number of hydrogen-bond donors (Lipinski definition) is 1. The van der Waals surface area contributed by atoms with Crippen LogP contribution in [0.4, 0.5) is 4.32 Å². The van der Waals surface area contributed by atoms with Crippen LogP contribution in [0.1, 0.15) is 0 Å². The highest BCUT2D eigenvalue weighted by molar-refractivity contribution is 6.95. The van der Waals surface area contributed by atoms with Gasteiger partial charge in [-0.15, -0.1) is 0 Å². The van der Waals surface area contributed by atoms with Gasteiger partial charge in [-0.05, 0) is 7.05 Å². The third-order valence-electron chi connectivity index (χ3n) is 0.344. The van der Waals surface area contributed by atoms with Crippen LogP contribution in [0.25, 0.3) is 0 Å². The molecule has 0 aliphatic carbocycles. The SMILES string of the molecule is CNBBF. The summed E-state index contributed by atoms with van der Waals surface area (Å²) < 4.78 is 10.9. The van der Waals surface area contributed by atoms with E-state index in [0.29, 0.717) is 7.31 Å². The van der Waals surface area contributed by atoms with Gasteiger partial charge >= 0.3 is 7.45 Å². The highest BCUT2D eigenvalue weighted by Gasteiger charge is 1.80. The van der Waals surface area contributed by atoms with Crippen molar-refractivity contribution < 1.29 is 4.32 Å². The summed E-state index contributed by atoms with van der Waals surface area (Å²) in [7, 11) is 1.93. The van der Waals surface area contributed by atoms with E-state index in [1.165, 1.54) is 0 Å². The number of halogens is 1. The van der Waals surface area contributed by atoms with Crippen LogP contribution in [0.5, 0.6) is 0 Å². The first-order valence-corrected chi connectivity index (χ1v) is 1.62. The predicted octanol–water partition coefficient (Wildman–Crippen LogP) is -1.21. The Morgan fingerprint density at radius 1 is 1.80 bits per heavy atom.